The zero-order valence-electron chi connectivity index (χ0n) is 19.0. The molecule has 1 aliphatic carbocycles. The van der Waals surface area contributed by atoms with Crippen LogP contribution >= 0.6 is 11.6 Å². The summed E-state index contributed by atoms with van der Waals surface area (Å²) in [6.07, 6.45) is 6.34. The molecule has 1 aliphatic heterocycles. The number of nitrogens with zero attached hydrogens (tertiary/aromatic N) is 3. The van der Waals surface area contributed by atoms with Crippen LogP contribution < -0.4 is 10.2 Å². The highest BCUT2D eigenvalue weighted by molar-refractivity contribution is 6.31. The molecule has 0 bridgehead atoms. The van der Waals surface area contributed by atoms with E-state index < -0.39 is 17.4 Å². The fourth-order valence-corrected chi connectivity index (χ4v) is 4.86. The molecule has 4 rings (SSSR count). The van der Waals surface area contributed by atoms with Crippen molar-refractivity contribution in [3.05, 3.63) is 46.7 Å². The van der Waals surface area contributed by atoms with E-state index in [0.717, 1.165) is 25.7 Å². The van der Waals surface area contributed by atoms with Crippen LogP contribution in [-0.4, -0.2) is 45.8 Å². The van der Waals surface area contributed by atoms with Crippen LogP contribution in [0.3, 0.4) is 0 Å². The van der Waals surface area contributed by atoms with E-state index in [1.165, 1.54) is 28.5 Å². The first-order chi connectivity index (χ1) is 15.8. The van der Waals surface area contributed by atoms with Gasteiger partial charge in [-0.15, -0.1) is 0 Å². The Labute approximate surface area is 198 Å². The summed E-state index contributed by atoms with van der Waals surface area (Å²) in [6, 6.07) is 8.35. The topological polar surface area (TPSA) is 93.5 Å². The molecule has 0 spiro atoms. The van der Waals surface area contributed by atoms with Crippen LogP contribution in [-0.2, 0) is 16.1 Å². The molecule has 33 heavy (non-hydrogen) atoms. The molecule has 0 saturated heterocycles. The standard InChI is InChI=1S/C24H29ClN4O4/c1-3-33-22(31)19-14-20-21(30)29(18-12-8-9-16(25)13-18)24(2,15-28(20)27-19)23(32)26-17-10-6-4-5-7-11-17/h8-9,12-14,17H,3-7,10-11,15H2,1-2H3,(H,26,32)/t24-/m0/s1. The Bertz CT molecular complexity index is 1060. The average Bonchev–Trinajstić information content (AvgIpc) is 3.03. The van der Waals surface area contributed by atoms with Crippen LogP contribution in [0.1, 0.15) is 73.3 Å². The SMILES string of the molecule is CCOC(=O)c1cc2n(n1)C[C@@](C)(C(=O)NC1CCCCCC1)N(c1cccc(Cl)c1)C2=O. The van der Waals surface area contributed by atoms with Crippen LogP contribution in [0.15, 0.2) is 30.3 Å². The van der Waals surface area contributed by atoms with Gasteiger partial charge in [-0.1, -0.05) is 43.4 Å². The van der Waals surface area contributed by atoms with Gasteiger partial charge in [0.25, 0.3) is 5.91 Å². The van der Waals surface area contributed by atoms with Gasteiger partial charge in [0, 0.05) is 22.8 Å². The fraction of sp³-hybridized carbons (Fsp3) is 0.500. The van der Waals surface area contributed by atoms with Gasteiger partial charge in [0.2, 0.25) is 5.91 Å². The lowest BCUT2D eigenvalue weighted by Crippen LogP contribution is -2.65. The van der Waals surface area contributed by atoms with E-state index in [2.05, 4.69) is 10.4 Å². The zero-order valence-corrected chi connectivity index (χ0v) is 19.7. The van der Waals surface area contributed by atoms with Gasteiger partial charge in [-0.05, 0) is 44.9 Å². The lowest BCUT2D eigenvalue weighted by Gasteiger charge is -2.43. The molecule has 2 amide bonds. The van der Waals surface area contributed by atoms with Gasteiger partial charge in [-0.3, -0.25) is 19.2 Å². The van der Waals surface area contributed by atoms with Crippen molar-refractivity contribution >= 4 is 35.1 Å². The summed E-state index contributed by atoms with van der Waals surface area (Å²) in [5.74, 6) is -1.28. The van der Waals surface area contributed by atoms with Crippen molar-refractivity contribution in [3.8, 4) is 0 Å². The maximum Gasteiger partial charge on any atom is 0.358 e. The van der Waals surface area contributed by atoms with Crippen molar-refractivity contribution in [2.75, 3.05) is 11.5 Å². The van der Waals surface area contributed by atoms with Crippen molar-refractivity contribution < 1.29 is 19.1 Å². The Hall–Kier alpha value is -2.87. The first-order valence-corrected chi connectivity index (χ1v) is 11.9. The van der Waals surface area contributed by atoms with Crippen LogP contribution in [0.5, 0.6) is 0 Å². The molecule has 0 unspecified atom stereocenters. The van der Waals surface area contributed by atoms with Gasteiger partial charge in [0.05, 0.1) is 13.2 Å². The second-order valence-electron chi connectivity index (χ2n) is 8.85. The molecule has 1 fully saturated rings. The van der Waals surface area contributed by atoms with Crippen molar-refractivity contribution in [1.29, 1.82) is 0 Å². The Morgan fingerprint density at radius 3 is 2.61 bits per heavy atom. The van der Waals surface area contributed by atoms with E-state index in [1.807, 2.05) is 0 Å². The number of ether oxygens (including phenoxy) is 1. The average molecular weight is 473 g/mol. The molecule has 1 atom stereocenters. The number of carbonyl (C=O) groups is 3. The maximum atomic E-state index is 13.7. The molecule has 2 aliphatic rings. The Balaban J connectivity index is 1.73. The predicted octanol–water partition coefficient (Wildman–Crippen LogP) is 3.97. The molecular weight excluding hydrogens is 444 g/mol. The van der Waals surface area contributed by atoms with Crippen LogP contribution in [0.4, 0.5) is 5.69 Å². The second-order valence-corrected chi connectivity index (χ2v) is 9.29. The van der Waals surface area contributed by atoms with Gasteiger partial charge < -0.3 is 10.1 Å². The van der Waals surface area contributed by atoms with Gasteiger partial charge in [-0.25, -0.2) is 4.79 Å². The van der Waals surface area contributed by atoms with Crippen molar-refractivity contribution in [1.82, 2.24) is 15.1 Å². The van der Waals surface area contributed by atoms with Crippen LogP contribution in [0.25, 0.3) is 0 Å². The molecular formula is C24H29ClN4O4. The monoisotopic (exact) mass is 472 g/mol. The van der Waals surface area contributed by atoms with E-state index in [-0.39, 0.29) is 36.5 Å². The number of nitrogens with one attached hydrogen (secondary N) is 1. The minimum atomic E-state index is -1.26. The molecule has 0 radical (unpaired) electrons. The number of fused-ring (bicyclic) bond motifs is 1. The summed E-state index contributed by atoms with van der Waals surface area (Å²) in [4.78, 5) is 41.1. The third kappa shape index (κ3) is 4.62. The normalized spacial score (nSPS) is 21.3. The molecule has 9 heteroatoms. The summed E-state index contributed by atoms with van der Waals surface area (Å²) in [5.41, 5.74) is -0.493. The molecule has 1 saturated carbocycles. The Morgan fingerprint density at radius 1 is 1.21 bits per heavy atom. The number of carbonyl (C=O) groups excluding carboxylic acids is 3. The Morgan fingerprint density at radius 2 is 1.94 bits per heavy atom. The smallest absolute Gasteiger partial charge is 0.358 e. The predicted molar refractivity (Wildman–Crippen MR) is 124 cm³/mol. The molecule has 1 aromatic carbocycles. The first-order valence-electron chi connectivity index (χ1n) is 11.5. The fourth-order valence-electron chi connectivity index (χ4n) is 4.67. The zero-order chi connectivity index (χ0) is 23.6. The molecule has 1 N–H and O–H groups in total. The number of anilines is 1. The van der Waals surface area contributed by atoms with Crippen molar-refractivity contribution in [2.24, 2.45) is 0 Å². The second kappa shape index (κ2) is 9.55. The number of amides is 2. The molecule has 176 valence electrons. The van der Waals surface area contributed by atoms with E-state index in [1.54, 1.807) is 38.1 Å². The van der Waals surface area contributed by atoms with E-state index in [9.17, 15) is 14.4 Å². The highest BCUT2D eigenvalue weighted by Crippen LogP contribution is 2.34. The quantitative estimate of drug-likeness (QED) is 0.525. The number of hydrogen-bond donors (Lipinski definition) is 1. The highest BCUT2D eigenvalue weighted by Gasteiger charge is 2.49. The third-order valence-corrected chi connectivity index (χ3v) is 6.62. The summed E-state index contributed by atoms with van der Waals surface area (Å²) in [5, 5.41) is 7.94. The van der Waals surface area contributed by atoms with Gasteiger partial charge in [0.15, 0.2) is 5.69 Å². The van der Waals surface area contributed by atoms with E-state index in [0.29, 0.717) is 10.7 Å². The van der Waals surface area contributed by atoms with Crippen molar-refractivity contribution in [2.45, 2.75) is 70.5 Å². The number of halogens is 1. The number of benzene rings is 1. The summed E-state index contributed by atoms with van der Waals surface area (Å²) < 4.78 is 6.48. The number of esters is 1. The third-order valence-electron chi connectivity index (χ3n) is 6.38. The summed E-state index contributed by atoms with van der Waals surface area (Å²) in [7, 11) is 0. The molecule has 8 nitrogen and oxygen atoms in total. The van der Waals surface area contributed by atoms with Crippen LogP contribution in [0, 0.1) is 0 Å². The first kappa shape index (κ1) is 23.3. The van der Waals surface area contributed by atoms with E-state index in [4.69, 9.17) is 16.3 Å². The molecule has 2 aromatic rings. The minimum Gasteiger partial charge on any atom is -0.461 e. The van der Waals surface area contributed by atoms with Gasteiger partial charge in [-0.2, -0.15) is 5.10 Å². The molecule has 1 aromatic heterocycles. The lowest BCUT2D eigenvalue weighted by atomic mass is 9.93. The van der Waals surface area contributed by atoms with Crippen LogP contribution in [0.2, 0.25) is 5.02 Å². The largest absolute Gasteiger partial charge is 0.461 e. The maximum absolute atomic E-state index is 13.7. The minimum absolute atomic E-state index is 0.0414. The number of aromatic nitrogens is 2. The van der Waals surface area contributed by atoms with E-state index >= 15 is 0 Å². The Kier molecular flexibility index (Phi) is 6.74. The highest BCUT2D eigenvalue weighted by atomic mass is 35.5. The van der Waals surface area contributed by atoms with Crippen molar-refractivity contribution in [3.63, 3.8) is 0 Å². The number of rotatable bonds is 5. The summed E-state index contributed by atoms with van der Waals surface area (Å²) >= 11 is 6.22. The lowest BCUT2D eigenvalue weighted by molar-refractivity contribution is -0.127. The summed E-state index contributed by atoms with van der Waals surface area (Å²) in [6.45, 7) is 3.73. The number of hydrogen-bond acceptors (Lipinski definition) is 5. The molecule has 2 heterocycles. The van der Waals surface area contributed by atoms with Gasteiger partial charge in [0.1, 0.15) is 11.2 Å². The van der Waals surface area contributed by atoms with Gasteiger partial charge >= 0.3 is 5.97 Å².